The number of aromatic nitrogens is 1. The largest absolute Gasteiger partial charge is 0.495 e. The number of carboxylic acid groups (broad SMARTS) is 1. The van der Waals surface area contributed by atoms with Gasteiger partial charge in [-0.15, -0.1) is 11.3 Å². The maximum Gasteiger partial charge on any atom is 0.338 e. The highest BCUT2D eigenvalue weighted by molar-refractivity contribution is 7.92. The Hall–Kier alpha value is -2.98. The quantitative estimate of drug-likeness (QED) is 0.291. The van der Waals surface area contributed by atoms with Gasteiger partial charge in [-0.2, -0.15) is 8.42 Å². The highest BCUT2D eigenvalue weighted by Gasteiger charge is 2.30. The highest BCUT2D eigenvalue weighted by Crippen LogP contribution is 2.46. The standard InChI is InChI=1S/C29H33FN2O5S2/c1-29(2)11-9-17(10-12-29)19-7-8-20(21(13-19)18-5-4-6-18)27-31-26(16-38-27)39(35,36)32-24-15-23(30)22(28(33)34)14-25(24)37-3/h7-8,13-18,32H,4-6,9-12H2,1-3H3,(H,33,34). The van der Waals surface area contributed by atoms with Gasteiger partial charge >= 0.3 is 5.97 Å². The molecule has 5 rings (SSSR count). The lowest BCUT2D eigenvalue weighted by molar-refractivity contribution is 0.0691. The summed E-state index contributed by atoms with van der Waals surface area (Å²) in [6, 6.07) is 8.34. The van der Waals surface area contributed by atoms with Crippen molar-refractivity contribution in [3.05, 3.63) is 58.2 Å². The van der Waals surface area contributed by atoms with Gasteiger partial charge in [0.25, 0.3) is 10.0 Å². The van der Waals surface area contributed by atoms with E-state index < -0.39 is 27.4 Å². The van der Waals surface area contributed by atoms with Gasteiger partial charge in [0.1, 0.15) is 16.6 Å². The number of carboxylic acids is 1. The van der Waals surface area contributed by atoms with Gasteiger partial charge in [-0.3, -0.25) is 4.72 Å². The van der Waals surface area contributed by atoms with Crippen LogP contribution in [0.2, 0.25) is 0 Å². The fraction of sp³-hybridized carbons (Fsp3) is 0.448. The van der Waals surface area contributed by atoms with Crippen LogP contribution >= 0.6 is 11.3 Å². The molecule has 0 aliphatic heterocycles. The first-order chi connectivity index (χ1) is 18.5. The molecule has 39 heavy (non-hydrogen) atoms. The van der Waals surface area contributed by atoms with Gasteiger partial charge in [0.05, 0.1) is 18.4 Å². The van der Waals surface area contributed by atoms with E-state index in [1.807, 2.05) is 0 Å². The molecule has 3 aromatic rings. The third-order valence-electron chi connectivity index (χ3n) is 8.18. The summed E-state index contributed by atoms with van der Waals surface area (Å²) >= 11 is 1.25. The number of aromatic carboxylic acids is 1. The molecule has 0 bridgehead atoms. The number of rotatable bonds is 8. The second-order valence-electron chi connectivity index (χ2n) is 11.3. The Morgan fingerprint density at radius 3 is 2.46 bits per heavy atom. The van der Waals surface area contributed by atoms with E-state index in [-0.39, 0.29) is 16.5 Å². The molecule has 0 amide bonds. The lowest BCUT2D eigenvalue weighted by atomic mass is 9.70. The molecule has 2 aliphatic rings. The Labute approximate surface area is 232 Å². The van der Waals surface area contributed by atoms with Gasteiger partial charge in [0.15, 0.2) is 5.03 Å². The van der Waals surface area contributed by atoms with Crippen molar-refractivity contribution in [2.45, 2.75) is 75.7 Å². The predicted molar refractivity (Wildman–Crippen MR) is 150 cm³/mol. The molecule has 0 spiro atoms. The van der Waals surface area contributed by atoms with Crippen molar-refractivity contribution >= 4 is 33.0 Å². The van der Waals surface area contributed by atoms with E-state index in [4.69, 9.17) is 9.84 Å². The van der Waals surface area contributed by atoms with Crippen LogP contribution in [0.1, 0.15) is 92.1 Å². The first kappa shape index (κ1) is 27.6. The van der Waals surface area contributed by atoms with E-state index >= 15 is 0 Å². The maximum absolute atomic E-state index is 14.3. The number of nitrogens with zero attached hydrogens (tertiary/aromatic N) is 1. The van der Waals surface area contributed by atoms with Crippen molar-refractivity contribution in [1.29, 1.82) is 0 Å². The molecule has 10 heteroatoms. The Balaban J connectivity index is 1.43. The first-order valence-electron chi connectivity index (χ1n) is 13.2. The summed E-state index contributed by atoms with van der Waals surface area (Å²) in [5, 5.41) is 11.0. The van der Waals surface area contributed by atoms with Crippen LogP contribution in [0.5, 0.6) is 5.75 Å². The van der Waals surface area contributed by atoms with Crippen LogP contribution in [-0.4, -0.2) is 31.6 Å². The number of halogens is 1. The summed E-state index contributed by atoms with van der Waals surface area (Å²) in [6.07, 6.45) is 8.21. The normalized spacial score (nSPS) is 17.9. The molecule has 0 unspecified atom stereocenters. The third kappa shape index (κ3) is 5.68. The summed E-state index contributed by atoms with van der Waals surface area (Å²) in [5.41, 5.74) is 3.14. The average molecular weight is 573 g/mol. The van der Waals surface area contributed by atoms with Gasteiger partial charge < -0.3 is 9.84 Å². The van der Waals surface area contributed by atoms with Gasteiger partial charge in [-0.05, 0) is 73.0 Å². The Morgan fingerprint density at radius 1 is 1.13 bits per heavy atom. The third-order valence-corrected chi connectivity index (χ3v) is 10.5. The number of hydrogen-bond acceptors (Lipinski definition) is 6. The van der Waals surface area contributed by atoms with Crippen molar-refractivity contribution in [3.8, 4) is 16.3 Å². The van der Waals surface area contributed by atoms with Crippen LogP contribution in [0, 0.1) is 11.2 Å². The maximum atomic E-state index is 14.3. The Morgan fingerprint density at radius 2 is 1.85 bits per heavy atom. The van der Waals surface area contributed by atoms with Crippen LogP contribution in [0.4, 0.5) is 10.1 Å². The molecular weight excluding hydrogens is 539 g/mol. The highest BCUT2D eigenvalue weighted by atomic mass is 32.2. The van der Waals surface area contributed by atoms with E-state index in [9.17, 15) is 17.6 Å². The number of thiazole rings is 1. The zero-order valence-electron chi connectivity index (χ0n) is 22.3. The molecule has 1 heterocycles. The van der Waals surface area contributed by atoms with Crippen LogP contribution in [-0.2, 0) is 10.0 Å². The zero-order chi connectivity index (χ0) is 27.9. The molecule has 2 fully saturated rings. The predicted octanol–water partition coefficient (Wildman–Crippen LogP) is 7.41. The average Bonchev–Trinajstić information content (AvgIpc) is 3.34. The Kier molecular flexibility index (Phi) is 7.45. The van der Waals surface area contributed by atoms with E-state index in [0.29, 0.717) is 22.3 Å². The lowest BCUT2D eigenvalue weighted by Crippen LogP contribution is -2.20. The summed E-state index contributed by atoms with van der Waals surface area (Å²) in [7, 11) is -2.94. The molecule has 2 aromatic carbocycles. The van der Waals surface area contributed by atoms with Crippen molar-refractivity contribution < 1.29 is 27.4 Å². The van der Waals surface area contributed by atoms with Crippen molar-refractivity contribution in [3.63, 3.8) is 0 Å². The molecule has 2 N–H and O–H groups in total. The number of nitrogens with one attached hydrogen (secondary N) is 1. The van der Waals surface area contributed by atoms with Gasteiger partial charge in [-0.1, -0.05) is 38.5 Å². The first-order valence-corrected chi connectivity index (χ1v) is 15.6. The van der Waals surface area contributed by atoms with E-state index in [0.717, 1.165) is 30.5 Å². The van der Waals surface area contributed by atoms with Crippen molar-refractivity contribution in [2.24, 2.45) is 5.41 Å². The fourth-order valence-electron chi connectivity index (χ4n) is 5.49. The summed E-state index contributed by atoms with van der Waals surface area (Å²) < 4.78 is 48.1. The van der Waals surface area contributed by atoms with Crippen LogP contribution in [0.3, 0.4) is 0 Å². The minimum Gasteiger partial charge on any atom is -0.495 e. The second-order valence-corrected chi connectivity index (χ2v) is 13.8. The second kappa shape index (κ2) is 10.5. The molecule has 208 valence electrons. The van der Waals surface area contributed by atoms with Gasteiger partial charge in [0.2, 0.25) is 0 Å². The number of methoxy groups -OCH3 is 1. The fourth-order valence-corrected chi connectivity index (χ4v) is 7.69. The van der Waals surface area contributed by atoms with E-state index in [2.05, 4.69) is 41.8 Å². The van der Waals surface area contributed by atoms with Crippen LogP contribution < -0.4 is 9.46 Å². The molecule has 2 aliphatic carbocycles. The number of hydrogen-bond donors (Lipinski definition) is 2. The number of anilines is 1. The Bertz CT molecular complexity index is 1500. The molecule has 1 aromatic heterocycles. The van der Waals surface area contributed by atoms with Crippen LogP contribution in [0.25, 0.3) is 10.6 Å². The molecule has 0 radical (unpaired) electrons. The monoisotopic (exact) mass is 572 g/mol. The zero-order valence-corrected chi connectivity index (χ0v) is 23.9. The van der Waals surface area contributed by atoms with Crippen molar-refractivity contribution in [1.82, 2.24) is 4.98 Å². The summed E-state index contributed by atoms with van der Waals surface area (Å²) in [4.78, 5) is 15.7. The van der Waals surface area contributed by atoms with E-state index in [1.54, 1.807) is 0 Å². The number of sulfonamides is 1. The molecule has 0 atom stereocenters. The SMILES string of the molecule is COc1cc(C(=O)O)c(F)cc1NS(=O)(=O)c1csc(-c2ccc(C3CCC(C)(C)CC3)cc2C2CCC2)n1. The van der Waals surface area contributed by atoms with Crippen molar-refractivity contribution in [2.75, 3.05) is 11.8 Å². The summed E-state index contributed by atoms with van der Waals surface area (Å²) in [5.74, 6) is -1.68. The minimum atomic E-state index is -4.19. The molecule has 7 nitrogen and oxygen atoms in total. The minimum absolute atomic E-state index is 0.109. The topological polar surface area (TPSA) is 106 Å². The summed E-state index contributed by atoms with van der Waals surface area (Å²) in [6.45, 7) is 4.68. The molecular formula is C29H33FN2O5S2. The lowest BCUT2D eigenvalue weighted by Gasteiger charge is -2.35. The van der Waals surface area contributed by atoms with Crippen LogP contribution in [0.15, 0.2) is 40.7 Å². The number of benzene rings is 2. The van der Waals surface area contributed by atoms with Gasteiger partial charge in [0, 0.05) is 17.0 Å². The molecule has 0 saturated heterocycles. The number of carbonyl (C=O) groups is 1. The molecule has 2 saturated carbocycles. The number of ether oxygens (including phenoxy) is 1. The smallest absolute Gasteiger partial charge is 0.338 e. The van der Waals surface area contributed by atoms with Gasteiger partial charge in [-0.25, -0.2) is 14.2 Å². The van der Waals surface area contributed by atoms with E-state index in [1.165, 1.54) is 67.1 Å².